The average Bonchev–Trinajstić information content (AvgIpc) is 2.82. The van der Waals surface area contributed by atoms with Crippen molar-refractivity contribution in [3.8, 4) is 0 Å². The predicted octanol–water partition coefficient (Wildman–Crippen LogP) is 3.94. The Kier molecular flexibility index (Phi) is 3.42. The zero-order valence-corrected chi connectivity index (χ0v) is 13.4. The molecule has 0 aromatic heterocycles. The van der Waals surface area contributed by atoms with Gasteiger partial charge >= 0.3 is 0 Å². The number of aliphatic imine (C=N–C) groups is 2. The van der Waals surface area contributed by atoms with E-state index in [1.807, 2.05) is 31.2 Å². The molecule has 0 fully saturated rings. The standard InChI is InChI=1S/C18H15ClFN3/c1-11-21-9-13-10-22-18(14-4-2-3-5-16(14)20)15-8-12(19)6-7-17(15)23(11)13/h2-8,13H,9-10H2,1H3. The van der Waals surface area contributed by atoms with Crippen LogP contribution in [0.2, 0.25) is 5.02 Å². The maximum Gasteiger partial charge on any atom is 0.132 e. The summed E-state index contributed by atoms with van der Waals surface area (Å²) in [5.74, 6) is 0.688. The van der Waals surface area contributed by atoms with E-state index in [4.69, 9.17) is 16.6 Å². The molecule has 0 radical (unpaired) electrons. The number of fused-ring (bicyclic) bond motifs is 3. The molecule has 2 aliphatic rings. The summed E-state index contributed by atoms with van der Waals surface area (Å²) in [7, 11) is 0. The van der Waals surface area contributed by atoms with Crippen molar-refractivity contribution in [3.63, 3.8) is 0 Å². The molecule has 23 heavy (non-hydrogen) atoms. The topological polar surface area (TPSA) is 28.0 Å². The van der Waals surface area contributed by atoms with E-state index in [1.54, 1.807) is 12.1 Å². The Morgan fingerprint density at radius 3 is 2.70 bits per heavy atom. The zero-order chi connectivity index (χ0) is 16.0. The SMILES string of the molecule is CC1=NCC2CN=C(c3ccccc3F)c3cc(Cl)ccc3N12. The second-order valence-electron chi connectivity index (χ2n) is 5.74. The quantitative estimate of drug-likeness (QED) is 0.779. The Labute approximate surface area is 139 Å². The van der Waals surface area contributed by atoms with Crippen LogP contribution in [0.4, 0.5) is 10.1 Å². The van der Waals surface area contributed by atoms with Crippen LogP contribution in [0, 0.1) is 5.82 Å². The number of hydrogen-bond donors (Lipinski definition) is 0. The van der Waals surface area contributed by atoms with E-state index in [1.165, 1.54) is 6.07 Å². The van der Waals surface area contributed by atoms with E-state index in [2.05, 4.69) is 9.89 Å². The molecule has 4 rings (SSSR count). The van der Waals surface area contributed by atoms with Gasteiger partial charge in [0.25, 0.3) is 0 Å². The van der Waals surface area contributed by atoms with Crippen LogP contribution < -0.4 is 4.90 Å². The molecular formula is C18H15ClFN3. The van der Waals surface area contributed by atoms with Crippen molar-refractivity contribution in [2.75, 3.05) is 18.0 Å². The van der Waals surface area contributed by atoms with Gasteiger partial charge in [-0.1, -0.05) is 23.7 Å². The molecule has 0 saturated carbocycles. The molecule has 1 unspecified atom stereocenters. The molecule has 0 aliphatic carbocycles. The van der Waals surface area contributed by atoms with Crippen molar-refractivity contribution in [1.82, 2.24) is 0 Å². The van der Waals surface area contributed by atoms with Crippen molar-refractivity contribution < 1.29 is 4.39 Å². The van der Waals surface area contributed by atoms with Gasteiger partial charge in [-0.3, -0.25) is 9.98 Å². The Morgan fingerprint density at radius 1 is 1.09 bits per heavy atom. The third-order valence-electron chi connectivity index (χ3n) is 4.31. The first-order valence-electron chi connectivity index (χ1n) is 7.54. The fraction of sp³-hybridized carbons (Fsp3) is 0.222. The highest BCUT2D eigenvalue weighted by atomic mass is 35.5. The van der Waals surface area contributed by atoms with Gasteiger partial charge in [-0.2, -0.15) is 0 Å². The minimum absolute atomic E-state index is 0.180. The molecule has 3 nitrogen and oxygen atoms in total. The highest BCUT2D eigenvalue weighted by molar-refractivity contribution is 6.31. The Hall–Kier alpha value is -2.20. The summed E-state index contributed by atoms with van der Waals surface area (Å²) in [5, 5.41) is 0.611. The molecule has 0 N–H and O–H groups in total. The Bertz CT molecular complexity index is 844. The summed E-state index contributed by atoms with van der Waals surface area (Å²) >= 11 is 6.20. The fourth-order valence-corrected chi connectivity index (χ4v) is 3.42. The van der Waals surface area contributed by atoms with Crippen LogP contribution in [0.25, 0.3) is 0 Å². The molecule has 2 aliphatic heterocycles. The number of amidine groups is 1. The molecule has 0 spiro atoms. The highest BCUT2D eigenvalue weighted by Gasteiger charge is 2.32. The summed E-state index contributed by atoms with van der Waals surface area (Å²) in [6, 6.07) is 12.6. The first-order chi connectivity index (χ1) is 11.1. The second-order valence-corrected chi connectivity index (χ2v) is 6.18. The maximum atomic E-state index is 14.3. The summed E-state index contributed by atoms with van der Waals surface area (Å²) in [6.07, 6.45) is 0. The summed E-state index contributed by atoms with van der Waals surface area (Å²) in [5.41, 5.74) is 2.99. The molecule has 1 atom stereocenters. The molecule has 0 bridgehead atoms. The van der Waals surface area contributed by atoms with E-state index >= 15 is 0 Å². The van der Waals surface area contributed by atoms with E-state index in [9.17, 15) is 4.39 Å². The summed E-state index contributed by atoms with van der Waals surface area (Å²) < 4.78 is 14.3. The van der Waals surface area contributed by atoms with Crippen LogP contribution in [0.3, 0.4) is 0 Å². The number of nitrogens with zero attached hydrogens (tertiary/aromatic N) is 3. The minimum atomic E-state index is -0.273. The number of benzene rings is 2. The largest absolute Gasteiger partial charge is 0.323 e. The third kappa shape index (κ3) is 2.34. The number of hydrogen-bond acceptors (Lipinski definition) is 3. The average molecular weight is 328 g/mol. The molecule has 2 aromatic carbocycles. The van der Waals surface area contributed by atoms with Crippen LogP contribution in [0.5, 0.6) is 0 Å². The van der Waals surface area contributed by atoms with Gasteiger partial charge in [-0.15, -0.1) is 0 Å². The normalized spacial score (nSPS) is 19.6. The van der Waals surface area contributed by atoms with Crippen molar-refractivity contribution in [2.45, 2.75) is 13.0 Å². The number of anilines is 1. The molecule has 0 saturated heterocycles. The third-order valence-corrected chi connectivity index (χ3v) is 4.54. The van der Waals surface area contributed by atoms with Gasteiger partial charge in [0.05, 0.1) is 30.5 Å². The minimum Gasteiger partial charge on any atom is -0.323 e. The molecular weight excluding hydrogens is 313 g/mol. The van der Waals surface area contributed by atoms with Gasteiger partial charge in [-0.05, 0) is 37.3 Å². The summed E-state index contributed by atoms with van der Waals surface area (Å²) in [6.45, 7) is 3.28. The number of rotatable bonds is 1. The van der Waals surface area contributed by atoms with Crippen LogP contribution in [-0.2, 0) is 0 Å². The first kappa shape index (κ1) is 14.4. The molecule has 5 heteroatoms. The zero-order valence-electron chi connectivity index (χ0n) is 12.6. The van der Waals surface area contributed by atoms with Gasteiger partial charge in [0.1, 0.15) is 11.7 Å². The lowest BCUT2D eigenvalue weighted by Gasteiger charge is -2.26. The van der Waals surface area contributed by atoms with E-state index < -0.39 is 0 Å². The van der Waals surface area contributed by atoms with Crippen molar-refractivity contribution in [1.29, 1.82) is 0 Å². The van der Waals surface area contributed by atoms with E-state index in [0.717, 1.165) is 17.1 Å². The van der Waals surface area contributed by atoms with Gasteiger partial charge < -0.3 is 4.90 Å². The van der Waals surface area contributed by atoms with Gasteiger partial charge in [0.15, 0.2) is 0 Å². The molecule has 2 heterocycles. The molecule has 0 amide bonds. The molecule has 2 aromatic rings. The van der Waals surface area contributed by atoms with Crippen LogP contribution in [0.1, 0.15) is 18.1 Å². The second kappa shape index (κ2) is 5.46. The van der Waals surface area contributed by atoms with Gasteiger partial charge in [0, 0.05) is 16.1 Å². The monoisotopic (exact) mass is 327 g/mol. The maximum absolute atomic E-state index is 14.3. The van der Waals surface area contributed by atoms with Gasteiger partial charge in [-0.25, -0.2) is 4.39 Å². The lowest BCUT2D eigenvalue weighted by Crippen LogP contribution is -2.37. The lowest BCUT2D eigenvalue weighted by molar-refractivity contribution is 0.625. The van der Waals surface area contributed by atoms with Crippen molar-refractivity contribution >= 4 is 28.8 Å². The van der Waals surface area contributed by atoms with Crippen molar-refractivity contribution in [2.24, 2.45) is 9.98 Å². The highest BCUT2D eigenvalue weighted by Crippen LogP contribution is 2.33. The smallest absolute Gasteiger partial charge is 0.132 e. The Morgan fingerprint density at radius 2 is 1.87 bits per heavy atom. The van der Waals surface area contributed by atoms with Crippen LogP contribution in [-0.4, -0.2) is 30.7 Å². The fourth-order valence-electron chi connectivity index (χ4n) is 3.24. The Balaban J connectivity index is 1.95. The van der Waals surface area contributed by atoms with E-state index in [-0.39, 0.29) is 11.9 Å². The van der Waals surface area contributed by atoms with Gasteiger partial charge in [0.2, 0.25) is 0 Å². The lowest BCUT2D eigenvalue weighted by atomic mass is 9.99. The first-order valence-corrected chi connectivity index (χ1v) is 7.92. The molecule has 116 valence electrons. The number of halogens is 2. The van der Waals surface area contributed by atoms with Crippen molar-refractivity contribution in [3.05, 3.63) is 64.4 Å². The summed E-state index contributed by atoms with van der Waals surface area (Å²) in [4.78, 5) is 11.4. The predicted molar refractivity (Wildman–Crippen MR) is 92.6 cm³/mol. The van der Waals surface area contributed by atoms with Crippen LogP contribution in [0.15, 0.2) is 52.4 Å². The van der Waals surface area contributed by atoms with E-state index in [0.29, 0.717) is 29.4 Å². The van der Waals surface area contributed by atoms with Crippen LogP contribution >= 0.6 is 11.6 Å².